The van der Waals surface area contributed by atoms with E-state index in [-0.39, 0.29) is 30.1 Å². The number of hydrogen-bond donors (Lipinski definition) is 3. The van der Waals surface area contributed by atoms with Gasteiger partial charge >= 0.3 is 6.18 Å². The molecule has 0 aliphatic carbocycles. The Labute approximate surface area is 182 Å². The van der Waals surface area contributed by atoms with Crippen LogP contribution >= 0.6 is 0 Å². The summed E-state index contributed by atoms with van der Waals surface area (Å²) in [6, 6.07) is 4.12. The van der Waals surface area contributed by atoms with Crippen molar-refractivity contribution in [2.75, 3.05) is 25.0 Å². The highest BCUT2D eigenvalue weighted by Crippen LogP contribution is 2.36. The second-order valence-corrected chi connectivity index (χ2v) is 7.90. The number of aliphatic hydroxyl groups is 1. The molecular weight excluding hydrogens is 425 g/mol. The second-order valence-electron chi connectivity index (χ2n) is 7.90. The number of nitrogens with one attached hydrogen (secondary N) is 1. The second kappa shape index (κ2) is 8.83. The van der Waals surface area contributed by atoms with Crippen molar-refractivity contribution in [3.05, 3.63) is 36.2 Å². The molecule has 0 aromatic carbocycles. The minimum atomic E-state index is -4.62. The molecule has 1 aliphatic heterocycles. The number of anilines is 1. The van der Waals surface area contributed by atoms with Gasteiger partial charge in [0.25, 0.3) is 0 Å². The number of alkyl halides is 3. The lowest BCUT2D eigenvalue weighted by Crippen LogP contribution is -2.47. The number of piperidine rings is 1. The zero-order valence-electron chi connectivity index (χ0n) is 17.3. The van der Waals surface area contributed by atoms with Gasteiger partial charge < -0.3 is 15.5 Å². The minimum Gasteiger partial charge on any atom is -0.506 e. The van der Waals surface area contributed by atoms with Gasteiger partial charge in [-0.2, -0.15) is 13.2 Å². The van der Waals surface area contributed by atoms with Crippen LogP contribution in [0.4, 0.5) is 19.0 Å². The number of halogens is 3. The van der Waals surface area contributed by atoms with E-state index in [0.29, 0.717) is 29.0 Å². The van der Waals surface area contributed by atoms with Crippen LogP contribution in [-0.2, 0) is 6.18 Å². The van der Waals surface area contributed by atoms with Crippen LogP contribution < -0.4 is 5.32 Å². The molecule has 4 heterocycles. The summed E-state index contributed by atoms with van der Waals surface area (Å²) >= 11 is 0. The van der Waals surface area contributed by atoms with Gasteiger partial charge in [-0.1, -0.05) is 0 Å². The summed E-state index contributed by atoms with van der Waals surface area (Å²) < 4.78 is 38.7. The maximum Gasteiger partial charge on any atom is 0.418 e. The highest BCUT2D eigenvalue weighted by molar-refractivity contribution is 5.97. The largest absolute Gasteiger partial charge is 0.506 e. The summed E-state index contributed by atoms with van der Waals surface area (Å²) in [6.07, 6.45) is -0.507. The molecule has 1 saturated heterocycles. The minimum absolute atomic E-state index is 0.0525. The Morgan fingerprint density at radius 3 is 2.78 bits per heavy atom. The molecule has 3 aromatic rings. The maximum absolute atomic E-state index is 12.9. The van der Waals surface area contributed by atoms with Crippen molar-refractivity contribution in [3.63, 3.8) is 0 Å². The lowest BCUT2D eigenvalue weighted by atomic mass is 10.0. The molecule has 1 aliphatic rings. The van der Waals surface area contributed by atoms with Crippen LogP contribution in [0.3, 0.4) is 0 Å². The van der Waals surface area contributed by atoms with Crippen LogP contribution in [0, 0.1) is 0 Å². The summed E-state index contributed by atoms with van der Waals surface area (Å²) in [6.45, 7) is 3.68. The first-order valence-electron chi connectivity index (χ1n) is 10.3. The van der Waals surface area contributed by atoms with E-state index in [2.05, 4.69) is 30.4 Å². The number of hydrogen-bond acceptors (Lipinski definition) is 8. The Morgan fingerprint density at radius 2 is 2.06 bits per heavy atom. The van der Waals surface area contributed by atoms with E-state index in [1.807, 2.05) is 6.92 Å². The molecule has 4 rings (SSSR count). The molecule has 1 fully saturated rings. The first kappa shape index (κ1) is 22.2. The van der Waals surface area contributed by atoms with Crippen molar-refractivity contribution < 1.29 is 23.4 Å². The van der Waals surface area contributed by atoms with Crippen molar-refractivity contribution in [3.8, 4) is 17.1 Å². The predicted octanol–water partition coefficient (Wildman–Crippen LogP) is 3.07. The average molecular weight is 448 g/mol. The molecule has 8 nitrogen and oxygen atoms in total. The number of fused-ring (bicyclic) bond motifs is 1. The Hall–Kier alpha value is -3.05. The molecule has 0 radical (unpaired) electrons. The normalized spacial score (nSPS) is 18.6. The molecular formula is C21H23F3N6O2. The Morgan fingerprint density at radius 1 is 1.25 bits per heavy atom. The fraction of sp³-hybridized carbons (Fsp3) is 0.429. The highest BCUT2D eigenvalue weighted by atomic mass is 19.4. The fourth-order valence-corrected chi connectivity index (χ4v) is 3.88. The summed E-state index contributed by atoms with van der Waals surface area (Å²) in [7, 11) is 0. The SMILES string of the molecule is CC(CO)N1CCCC(Nc2nnc(-c3ncc(C(F)(F)F)cc3O)c3cccnc23)C1. The molecule has 3 aromatic heterocycles. The highest BCUT2D eigenvalue weighted by Gasteiger charge is 2.32. The van der Waals surface area contributed by atoms with E-state index < -0.39 is 17.5 Å². The predicted molar refractivity (Wildman–Crippen MR) is 112 cm³/mol. The summed E-state index contributed by atoms with van der Waals surface area (Å²) in [5, 5.41) is 31.9. The standard InChI is InChI=1S/C21H23F3N6O2/c1-12(11-31)30-7-3-4-14(10-30)27-20-18-15(5-2-6-25-18)17(28-29-20)19-16(32)8-13(9-26-19)21(22,23)24/h2,5-6,8-9,12,14,31-32H,3-4,7,10-11H2,1H3,(H,27,29). The van der Waals surface area contributed by atoms with Crippen molar-refractivity contribution in [1.82, 2.24) is 25.1 Å². The van der Waals surface area contributed by atoms with Gasteiger partial charge in [-0.3, -0.25) is 9.88 Å². The first-order chi connectivity index (χ1) is 15.3. The molecule has 0 saturated carbocycles. The Bertz CT molecular complexity index is 1110. The molecule has 0 bridgehead atoms. The van der Waals surface area contributed by atoms with E-state index >= 15 is 0 Å². The van der Waals surface area contributed by atoms with E-state index in [1.54, 1.807) is 18.3 Å². The van der Waals surface area contributed by atoms with Gasteiger partial charge in [-0.15, -0.1) is 10.2 Å². The zero-order valence-corrected chi connectivity index (χ0v) is 17.3. The number of aliphatic hydroxyl groups excluding tert-OH is 1. The first-order valence-corrected chi connectivity index (χ1v) is 10.3. The number of rotatable bonds is 5. The molecule has 0 spiro atoms. The summed E-state index contributed by atoms with van der Waals surface area (Å²) in [4.78, 5) is 10.4. The van der Waals surface area contributed by atoms with Crippen LogP contribution in [0.1, 0.15) is 25.3 Å². The number of pyridine rings is 2. The zero-order chi connectivity index (χ0) is 22.9. The molecule has 3 N–H and O–H groups in total. The van der Waals surface area contributed by atoms with Crippen LogP contribution in [0.5, 0.6) is 5.75 Å². The number of nitrogens with zero attached hydrogens (tertiary/aromatic N) is 5. The Balaban J connectivity index is 1.67. The smallest absolute Gasteiger partial charge is 0.418 e. The van der Waals surface area contributed by atoms with Crippen molar-refractivity contribution in [1.29, 1.82) is 0 Å². The van der Waals surface area contributed by atoms with Crippen molar-refractivity contribution in [2.45, 2.75) is 38.0 Å². The van der Waals surface area contributed by atoms with Crippen LogP contribution in [0.2, 0.25) is 0 Å². The van der Waals surface area contributed by atoms with Crippen molar-refractivity contribution in [2.24, 2.45) is 0 Å². The van der Waals surface area contributed by atoms with E-state index in [1.165, 1.54) is 0 Å². The van der Waals surface area contributed by atoms with Gasteiger partial charge in [0.2, 0.25) is 0 Å². The summed E-state index contributed by atoms with van der Waals surface area (Å²) in [5.74, 6) is -0.194. The van der Waals surface area contributed by atoms with Crippen LogP contribution in [-0.4, -0.2) is 67.1 Å². The molecule has 170 valence electrons. The average Bonchev–Trinajstić information content (AvgIpc) is 2.78. The molecule has 0 amide bonds. The number of aromatic nitrogens is 4. The molecule has 2 atom stereocenters. The maximum atomic E-state index is 12.9. The van der Waals surface area contributed by atoms with E-state index in [4.69, 9.17) is 0 Å². The van der Waals surface area contributed by atoms with Gasteiger partial charge in [-0.05, 0) is 44.5 Å². The van der Waals surface area contributed by atoms with Gasteiger partial charge in [0.15, 0.2) is 5.82 Å². The number of aromatic hydroxyl groups is 1. The molecule has 11 heteroatoms. The van der Waals surface area contributed by atoms with Gasteiger partial charge in [0, 0.05) is 36.4 Å². The third-order valence-electron chi connectivity index (χ3n) is 5.64. The van der Waals surface area contributed by atoms with Gasteiger partial charge in [-0.25, -0.2) is 4.98 Å². The van der Waals surface area contributed by atoms with Crippen LogP contribution in [0.15, 0.2) is 30.6 Å². The third-order valence-corrected chi connectivity index (χ3v) is 5.64. The number of likely N-dealkylation sites (tertiary alicyclic amines) is 1. The lowest BCUT2D eigenvalue weighted by Gasteiger charge is -2.36. The third kappa shape index (κ3) is 4.44. The van der Waals surface area contributed by atoms with Gasteiger partial charge in [0.05, 0.1) is 12.2 Å². The quantitative estimate of drug-likeness (QED) is 0.547. The fourth-order valence-electron chi connectivity index (χ4n) is 3.88. The lowest BCUT2D eigenvalue weighted by molar-refractivity contribution is -0.137. The van der Waals surface area contributed by atoms with Gasteiger partial charge in [0.1, 0.15) is 22.7 Å². The van der Waals surface area contributed by atoms with Crippen molar-refractivity contribution >= 4 is 16.7 Å². The monoisotopic (exact) mass is 448 g/mol. The molecule has 32 heavy (non-hydrogen) atoms. The Kier molecular flexibility index (Phi) is 6.11. The summed E-state index contributed by atoms with van der Waals surface area (Å²) in [5.41, 5.74) is -0.531. The van der Waals surface area contributed by atoms with E-state index in [9.17, 15) is 23.4 Å². The topological polar surface area (TPSA) is 107 Å². The van der Waals surface area contributed by atoms with E-state index in [0.717, 1.165) is 25.9 Å². The molecule has 2 unspecified atom stereocenters. The van der Waals surface area contributed by atoms with Crippen LogP contribution in [0.25, 0.3) is 22.3 Å².